The number of hydrogen-bond donors (Lipinski definition) is 1. The van der Waals surface area contributed by atoms with Crippen molar-refractivity contribution in [3.05, 3.63) is 64.3 Å². The summed E-state index contributed by atoms with van der Waals surface area (Å²) in [5, 5.41) is 14.1. The van der Waals surface area contributed by atoms with Gasteiger partial charge in [-0.25, -0.2) is 8.78 Å². The Morgan fingerprint density at radius 3 is 2.79 bits per heavy atom. The fourth-order valence-electron chi connectivity index (χ4n) is 3.03. The van der Waals surface area contributed by atoms with Crippen molar-refractivity contribution in [1.82, 2.24) is 20.2 Å². The fraction of sp³-hybridized carbons (Fsp3) is 0.158. The topological polar surface area (TPSA) is 81.9 Å². The summed E-state index contributed by atoms with van der Waals surface area (Å²) in [6, 6.07) is 8.76. The van der Waals surface area contributed by atoms with Gasteiger partial charge in [-0.2, -0.15) is 4.68 Å². The van der Waals surface area contributed by atoms with E-state index >= 15 is 0 Å². The van der Waals surface area contributed by atoms with E-state index in [-0.39, 0.29) is 12.3 Å². The van der Waals surface area contributed by atoms with Gasteiger partial charge in [0.05, 0.1) is 11.5 Å². The molecule has 0 saturated heterocycles. The number of thiophene rings is 1. The Balaban J connectivity index is 1.71. The van der Waals surface area contributed by atoms with Gasteiger partial charge < -0.3 is 10.1 Å². The lowest BCUT2D eigenvalue weighted by Crippen LogP contribution is -2.13. The summed E-state index contributed by atoms with van der Waals surface area (Å²) in [5.41, 5.74) is 0.925. The molecule has 148 valence electrons. The van der Waals surface area contributed by atoms with Crippen molar-refractivity contribution >= 4 is 33.0 Å². The number of nitrogens with zero attached hydrogens (tertiary/aromatic N) is 4. The smallest absolute Gasteiger partial charge is 0.266 e. The molecule has 7 nitrogen and oxygen atoms in total. The Kier molecular flexibility index (Phi) is 5.03. The zero-order valence-electron chi connectivity index (χ0n) is 15.4. The number of fused-ring (bicyclic) bond motifs is 1. The monoisotopic (exact) mass is 415 g/mol. The van der Waals surface area contributed by atoms with Crippen molar-refractivity contribution in [2.24, 2.45) is 0 Å². The first kappa shape index (κ1) is 19.1. The number of amides is 1. The van der Waals surface area contributed by atoms with E-state index in [1.807, 2.05) is 0 Å². The van der Waals surface area contributed by atoms with Crippen LogP contribution in [0, 0.1) is 18.6 Å². The standard InChI is InChI=1S/C19H15F2N5O2S/c1-10-23-24-25-26(10)15-8-11(6-7-13(15)20)22-19(27)18-12(9-28-2)17-14(21)4-3-5-16(17)29-18/h3-8H,9H2,1-2H3,(H,22,27). The summed E-state index contributed by atoms with van der Waals surface area (Å²) in [7, 11) is 1.48. The molecular formula is C19H15F2N5O2S. The van der Waals surface area contributed by atoms with E-state index < -0.39 is 17.5 Å². The van der Waals surface area contributed by atoms with Crippen LogP contribution in [0.2, 0.25) is 0 Å². The number of methoxy groups -OCH3 is 1. The van der Waals surface area contributed by atoms with E-state index in [0.717, 1.165) is 0 Å². The molecule has 0 fully saturated rings. The largest absolute Gasteiger partial charge is 0.380 e. The lowest BCUT2D eigenvalue weighted by Gasteiger charge is -2.09. The molecule has 0 atom stereocenters. The minimum Gasteiger partial charge on any atom is -0.380 e. The highest BCUT2D eigenvalue weighted by Gasteiger charge is 2.21. The molecule has 2 aromatic carbocycles. The quantitative estimate of drug-likeness (QED) is 0.535. The summed E-state index contributed by atoms with van der Waals surface area (Å²) in [6.45, 7) is 1.72. The summed E-state index contributed by atoms with van der Waals surface area (Å²) >= 11 is 1.17. The predicted molar refractivity (Wildman–Crippen MR) is 104 cm³/mol. The minimum absolute atomic E-state index is 0.0855. The van der Waals surface area contributed by atoms with Crippen LogP contribution in [-0.4, -0.2) is 33.2 Å². The second-order valence-electron chi connectivity index (χ2n) is 6.21. The average Bonchev–Trinajstić information content (AvgIpc) is 3.28. The Morgan fingerprint density at radius 1 is 1.24 bits per heavy atom. The number of ether oxygens (including phenoxy) is 1. The van der Waals surface area contributed by atoms with Crippen LogP contribution in [0.1, 0.15) is 21.1 Å². The summed E-state index contributed by atoms with van der Waals surface area (Å²) in [5.74, 6) is -0.996. The van der Waals surface area contributed by atoms with Gasteiger partial charge in [0.25, 0.3) is 5.91 Å². The average molecular weight is 415 g/mol. The lowest BCUT2D eigenvalue weighted by molar-refractivity contribution is 0.102. The number of halogens is 2. The van der Waals surface area contributed by atoms with Crippen molar-refractivity contribution < 1.29 is 18.3 Å². The van der Waals surface area contributed by atoms with Gasteiger partial charge in [-0.05, 0) is 47.7 Å². The number of nitrogens with one attached hydrogen (secondary N) is 1. The maximum absolute atomic E-state index is 14.3. The molecule has 10 heteroatoms. The highest BCUT2D eigenvalue weighted by molar-refractivity contribution is 7.21. The molecule has 0 aliphatic rings. The van der Waals surface area contributed by atoms with Crippen LogP contribution in [0.5, 0.6) is 0 Å². The van der Waals surface area contributed by atoms with E-state index in [1.54, 1.807) is 19.1 Å². The van der Waals surface area contributed by atoms with Gasteiger partial charge in [-0.1, -0.05) is 6.07 Å². The predicted octanol–water partition coefficient (Wildman–Crippen LogP) is 3.86. The maximum atomic E-state index is 14.3. The molecule has 1 N–H and O–H groups in total. The second kappa shape index (κ2) is 7.64. The van der Waals surface area contributed by atoms with Gasteiger partial charge in [0.15, 0.2) is 5.82 Å². The van der Waals surface area contributed by atoms with E-state index in [0.29, 0.717) is 32.0 Å². The Hall–Kier alpha value is -3.24. The van der Waals surface area contributed by atoms with Crippen molar-refractivity contribution in [3.63, 3.8) is 0 Å². The van der Waals surface area contributed by atoms with Gasteiger partial charge in [-0.3, -0.25) is 4.79 Å². The molecule has 0 spiro atoms. The minimum atomic E-state index is -0.539. The number of hydrogen-bond acceptors (Lipinski definition) is 6. The molecule has 2 aromatic heterocycles. The summed E-state index contributed by atoms with van der Waals surface area (Å²) in [4.78, 5) is 13.3. The van der Waals surface area contributed by atoms with Crippen molar-refractivity contribution in [1.29, 1.82) is 0 Å². The van der Waals surface area contributed by atoms with Crippen LogP contribution in [0.15, 0.2) is 36.4 Å². The van der Waals surface area contributed by atoms with Crippen LogP contribution < -0.4 is 5.32 Å². The maximum Gasteiger partial charge on any atom is 0.266 e. The third kappa shape index (κ3) is 3.47. The van der Waals surface area contributed by atoms with E-state index in [9.17, 15) is 13.6 Å². The van der Waals surface area contributed by atoms with Crippen molar-refractivity contribution in [3.8, 4) is 5.69 Å². The molecule has 1 amide bonds. The van der Waals surface area contributed by atoms with Gasteiger partial charge in [-0.15, -0.1) is 16.4 Å². The first-order chi connectivity index (χ1) is 14.0. The zero-order chi connectivity index (χ0) is 20.5. The fourth-order valence-corrected chi connectivity index (χ4v) is 4.14. The molecule has 0 saturated carbocycles. The number of carbonyl (C=O) groups is 1. The number of rotatable bonds is 5. The number of aryl methyl sites for hydroxylation is 1. The van der Waals surface area contributed by atoms with Gasteiger partial charge >= 0.3 is 0 Å². The highest BCUT2D eigenvalue weighted by atomic mass is 32.1. The lowest BCUT2D eigenvalue weighted by atomic mass is 10.1. The second-order valence-corrected chi connectivity index (χ2v) is 7.27. The summed E-state index contributed by atoms with van der Waals surface area (Å²) < 4.78 is 35.6. The SMILES string of the molecule is COCc1c(C(=O)Nc2ccc(F)c(-n3nnnc3C)c2)sc2cccc(F)c12. The first-order valence-corrected chi connectivity index (χ1v) is 9.36. The molecule has 29 heavy (non-hydrogen) atoms. The molecule has 0 aliphatic heterocycles. The van der Waals surface area contributed by atoms with Crippen LogP contribution in [0.3, 0.4) is 0 Å². The normalized spacial score (nSPS) is 11.2. The van der Waals surface area contributed by atoms with E-state index in [1.165, 1.54) is 47.4 Å². The molecule has 0 bridgehead atoms. The first-order valence-electron chi connectivity index (χ1n) is 8.54. The van der Waals surface area contributed by atoms with E-state index in [4.69, 9.17) is 4.74 Å². The Labute approximate surface area is 167 Å². The van der Waals surface area contributed by atoms with Gasteiger partial charge in [0.2, 0.25) is 0 Å². The van der Waals surface area contributed by atoms with Crippen LogP contribution in [-0.2, 0) is 11.3 Å². The number of carbonyl (C=O) groups excluding carboxylic acids is 1. The third-order valence-electron chi connectivity index (χ3n) is 4.32. The van der Waals surface area contributed by atoms with Crippen molar-refractivity contribution in [2.75, 3.05) is 12.4 Å². The molecule has 0 radical (unpaired) electrons. The number of aromatic nitrogens is 4. The molecular weight excluding hydrogens is 400 g/mol. The number of benzene rings is 2. The molecule has 4 rings (SSSR count). The summed E-state index contributed by atoms with van der Waals surface area (Å²) in [6.07, 6.45) is 0. The number of anilines is 1. The van der Waals surface area contributed by atoms with Gasteiger partial charge in [0, 0.05) is 28.4 Å². The number of tetrazole rings is 1. The molecule has 4 aromatic rings. The zero-order valence-corrected chi connectivity index (χ0v) is 16.3. The van der Waals surface area contributed by atoms with Crippen LogP contribution in [0.4, 0.5) is 14.5 Å². The Morgan fingerprint density at radius 2 is 2.07 bits per heavy atom. The molecule has 0 aliphatic carbocycles. The highest BCUT2D eigenvalue weighted by Crippen LogP contribution is 2.34. The van der Waals surface area contributed by atoms with Crippen LogP contribution >= 0.6 is 11.3 Å². The molecule has 0 unspecified atom stereocenters. The third-order valence-corrected chi connectivity index (χ3v) is 5.51. The molecule has 2 heterocycles. The Bertz CT molecular complexity index is 1220. The van der Waals surface area contributed by atoms with Gasteiger partial charge in [0.1, 0.15) is 17.3 Å². The van der Waals surface area contributed by atoms with E-state index in [2.05, 4.69) is 20.8 Å². The van der Waals surface area contributed by atoms with Crippen molar-refractivity contribution in [2.45, 2.75) is 13.5 Å². The van der Waals surface area contributed by atoms with Crippen LogP contribution in [0.25, 0.3) is 15.8 Å².